The molecule has 0 saturated heterocycles. The Balaban J connectivity index is 5.28. The lowest BCUT2D eigenvalue weighted by Crippen LogP contribution is -2.47. The molecule has 10 heteroatoms. The molecule has 1 N–H and O–H groups in total. The maximum absolute atomic E-state index is 13.5. The van der Waals surface area contributed by atoms with Crippen molar-refractivity contribution in [1.82, 2.24) is 5.32 Å². The Hall–Kier alpha value is -3.07. The number of quaternary nitrogens is 1. The van der Waals surface area contributed by atoms with Crippen LogP contribution in [-0.2, 0) is 27.9 Å². The average molecular weight is 1110 g/mol. The topological polar surface area (TPSA) is 114 Å². The molecule has 0 aliphatic rings. The second-order valence-electron chi connectivity index (χ2n) is 22.5. The van der Waals surface area contributed by atoms with Crippen LogP contribution in [0.3, 0.4) is 0 Å². The van der Waals surface area contributed by atoms with E-state index in [2.05, 4.69) is 99.0 Å². The van der Waals surface area contributed by atoms with Gasteiger partial charge in [0.15, 0.2) is 0 Å². The fourth-order valence-corrected chi connectivity index (χ4v) is 9.56. The van der Waals surface area contributed by atoms with E-state index in [9.17, 15) is 19.0 Å². The van der Waals surface area contributed by atoms with Gasteiger partial charge in [-0.05, 0) is 96.0 Å². The van der Waals surface area contributed by atoms with E-state index in [0.717, 1.165) is 77.0 Å². The third kappa shape index (κ3) is 57.6. The predicted molar refractivity (Wildman–Crippen MR) is 334 cm³/mol. The first kappa shape index (κ1) is 74.9. The van der Waals surface area contributed by atoms with Gasteiger partial charge in [0.05, 0.1) is 33.8 Å². The van der Waals surface area contributed by atoms with Gasteiger partial charge in [-0.3, -0.25) is 14.2 Å². The van der Waals surface area contributed by atoms with Gasteiger partial charge in [0.2, 0.25) is 5.91 Å². The number of hydrogen-bond donors (Lipinski definition) is 1. The minimum absolute atomic E-state index is 0.0391. The number of amides is 1. The number of phosphoric ester groups is 1. The van der Waals surface area contributed by atoms with Gasteiger partial charge in [-0.2, -0.15) is 0 Å². The molecule has 1 amide bonds. The molecule has 0 aliphatic heterocycles. The van der Waals surface area contributed by atoms with Crippen LogP contribution < -0.4 is 10.2 Å². The highest BCUT2D eigenvalue weighted by atomic mass is 31.2. The van der Waals surface area contributed by atoms with E-state index < -0.39 is 26.6 Å². The molecule has 0 heterocycles. The number of esters is 1. The minimum atomic E-state index is -4.72. The maximum Gasteiger partial charge on any atom is 0.306 e. The maximum atomic E-state index is 13.5. The zero-order valence-corrected chi connectivity index (χ0v) is 52.2. The second kappa shape index (κ2) is 57.2. The van der Waals surface area contributed by atoms with Gasteiger partial charge in [-0.15, -0.1) is 0 Å². The Bertz CT molecular complexity index is 1660. The third-order valence-electron chi connectivity index (χ3n) is 13.8. The summed E-state index contributed by atoms with van der Waals surface area (Å²) in [5, 5.41) is 2.98. The van der Waals surface area contributed by atoms with Gasteiger partial charge in [0.25, 0.3) is 7.82 Å². The lowest BCUT2D eigenvalue weighted by atomic mass is 10.0. The highest BCUT2D eigenvalue weighted by Gasteiger charge is 2.27. The summed E-state index contributed by atoms with van der Waals surface area (Å²) < 4.78 is 30.3. The number of phosphoric acid groups is 1. The monoisotopic (exact) mass is 1110 g/mol. The normalized spacial score (nSPS) is 14.3. The first-order valence-electron chi connectivity index (χ1n) is 32.0. The van der Waals surface area contributed by atoms with E-state index in [0.29, 0.717) is 17.4 Å². The number of rotatable bonds is 57. The summed E-state index contributed by atoms with van der Waals surface area (Å²) in [5.41, 5.74) is 0. The van der Waals surface area contributed by atoms with Crippen molar-refractivity contribution in [2.24, 2.45) is 0 Å². The molecular weight excluding hydrogens is 988 g/mol. The Morgan fingerprint density at radius 3 is 1.28 bits per heavy atom. The van der Waals surface area contributed by atoms with Crippen LogP contribution in [0.15, 0.2) is 97.2 Å². The van der Waals surface area contributed by atoms with Crippen molar-refractivity contribution in [3.63, 3.8) is 0 Å². The summed E-state index contributed by atoms with van der Waals surface area (Å²) in [7, 11) is 1.13. The summed E-state index contributed by atoms with van der Waals surface area (Å²) in [6, 6.07) is -0.933. The standard InChI is InChI=1S/C68H121N2O7P/c1-7-10-13-16-19-22-25-28-30-32-33-34-35-36-37-38-40-43-46-49-52-55-58-61-68(72)77-66(59-56-53-50-47-44-41-27-24-21-18-15-12-9-3)65(64-76-78(73,74)75-63-62-70(4,5)6)69-67(71)60-57-54-51-48-45-42-39-31-29-26-23-20-17-14-11-8-2/h11,14,19-20,22-23,28-31,42,45,51,54,56,59,65-66H,7-10,12-13,15-18,21,24-27,32-41,43-44,46-50,52-53,55,57-58,60-64H2,1-6H3,(H-,69,71,73,74)/b14-11+,22-19-,23-20+,30-28-,31-29+,45-42+,54-51+,59-56-. The number of ether oxygens (including phenoxy) is 1. The largest absolute Gasteiger partial charge is 0.756 e. The van der Waals surface area contributed by atoms with E-state index in [1.807, 2.05) is 45.4 Å². The van der Waals surface area contributed by atoms with Crippen molar-refractivity contribution in [3.8, 4) is 0 Å². The Labute approximate surface area is 481 Å². The molecule has 0 saturated carbocycles. The molecule has 3 atom stereocenters. The fourth-order valence-electron chi connectivity index (χ4n) is 8.83. The van der Waals surface area contributed by atoms with E-state index in [1.54, 1.807) is 0 Å². The Morgan fingerprint density at radius 2 is 0.833 bits per heavy atom. The van der Waals surface area contributed by atoms with Crippen molar-refractivity contribution in [3.05, 3.63) is 97.2 Å². The average Bonchev–Trinajstić information content (AvgIpc) is 3.40. The molecule has 0 rings (SSSR count). The lowest BCUT2D eigenvalue weighted by molar-refractivity contribution is -0.870. The van der Waals surface area contributed by atoms with E-state index in [1.165, 1.54) is 154 Å². The van der Waals surface area contributed by atoms with E-state index in [-0.39, 0.29) is 31.3 Å². The van der Waals surface area contributed by atoms with E-state index in [4.69, 9.17) is 13.8 Å². The quantitative estimate of drug-likeness (QED) is 0.0212. The molecule has 450 valence electrons. The highest BCUT2D eigenvalue weighted by Crippen LogP contribution is 2.38. The molecule has 0 bridgehead atoms. The molecule has 0 aromatic heterocycles. The van der Waals surface area contributed by atoms with Gasteiger partial charge < -0.3 is 28.5 Å². The van der Waals surface area contributed by atoms with E-state index >= 15 is 0 Å². The smallest absolute Gasteiger partial charge is 0.306 e. The van der Waals surface area contributed by atoms with Crippen LogP contribution in [0.4, 0.5) is 0 Å². The van der Waals surface area contributed by atoms with Crippen LogP contribution in [0.5, 0.6) is 0 Å². The molecule has 0 aromatic carbocycles. The first-order valence-corrected chi connectivity index (χ1v) is 33.5. The molecule has 0 aromatic rings. The van der Waals surface area contributed by atoms with Crippen molar-refractivity contribution in [1.29, 1.82) is 0 Å². The number of hydrogen-bond acceptors (Lipinski definition) is 7. The number of nitrogens with one attached hydrogen (secondary N) is 1. The number of carbonyl (C=O) groups is 2. The van der Waals surface area contributed by atoms with Gasteiger partial charge in [-0.25, -0.2) is 0 Å². The highest BCUT2D eigenvalue weighted by molar-refractivity contribution is 7.45. The number of unbranched alkanes of at least 4 members (excludes halogenated alkanes) is 27. The third-order valence-corrected chi connectivity index (χ3v) is 14.7. The van der Waals surface area contributed by atoms with Crippen molar-refractivity contribution in [2.45, 2.75) is 283 Å². The van der Waals surface area contributed by atoms with Crippen LogP contribution in [0.25, 0.3) is 0 Å². The summed E-state index contributed by atoms with van der Waals surface area (Å²) in [5.74, 6) is -0.638. The molecule has 0 fully saturated rings. The van der Waals surface area contributed by atoms with Crippen molar-refractivity contribution < 1.29 is 37.3 Å². The first-order chi connectivity index (χ1) is 37.9. The molecule has 0 aliphatic carbocycles. The minimum Gasteiger partial charge on any atom is -0.756 e. The zero-order valence-electron chi connectivity index (χ0n) is 51.3. The summed E-state index contributed by atoms with van der Waals surface area (Å²) in [4.78, 5) is 40.0. The lowest BCUT2D eigenvalue weighted by Gasteiger charge is -2.30. The van der Waals surface area contributed by atoms with Crippen LogP contribution >= 0.6 is 7.82 Å². The van der Waals surface area contributed by atoms with Gasteiger partial charge >= 0.3 is 5.97 Å². The zero-order chi connectivity index (χ0) is 57.2. The van der Waals surface area contributed by atoms with Gasteiger partial charge in [-0.1, -0.05) is 260 Å². The molecule has 0 radical (unpaired) electrons. The number of allylic oxidation sites excluding steroid dienone is 15. The molecule has 78 heavy (non-hydrogen) atoms. The number of carbonyl (C=O) groups excluding carboxylic acids is 2. The van der Waals surface area contributed by atoms with Gasteiger partial charge in [0.1, 0.15) is 19.3 Å². The van der Waals surface area contributed by atoms with Crippen molar-refractivity contribution in [2.75, 3.05) is 40.9 Å². The summed E-state index contributed by atoms with van der Waals surface area (Å²) >= 11 is 0. The van der Waals surface area contributed by atoms with Crippen LogP contribution in [0.1, 0.15) is 271 Å². The van der Waals surface area contributed by atoms with Gasteiger partial charge in [0, 0.05) is 12.8 Å². The van der Waals surface area contributed by atoms with Crippen LogP contribution in [0, 0.1) is 0 Å². The Kier molecular flexibility index (Phi) is 54.9. The SMILES string of the molecule is CC/C=C/C/C=C/C/C=C/C/C=C/C/C=C/CCC(=O)NC(COP(=O)([O-])OCC[N+](C)(C)C)C(/C=C\CCCCCCCCCCCCC)OC(=O)CCCCCCCCCCCCCCC/C=C\C/C=C\CCCCC. The van der Waals surface area contributed by atoms with Crippen LogP contribution in [-0.4, -0.2) is 69.4 Å². The molecule has 0 spiro atoms. The van der Waals surface area contributed by atoms with Crippen LogP contribution in [0.2, 0.25) is 0 Å². The summed E-state index contributed by atoms with van der Waals surface area (Å²) in [6.45, 7) is 6.65. The second-order valence-corrected chi connectivity index (χ2v) is 23.9. The number of likely N-dealkylation sites (N-methyl/N-ethyl adjacent to an activating group) is 1. The Morgan fingerprint density at radius 1 is 0.462 bits per heavy atom. The molecule has 3 unspecified atom stereocenters. The molecule has 9 nitrogen and oxygen atoms in total. The molecular formula is C68H121N2O7P. The predicted octanol–water partition coefficient (Wildman–Crippen LogP) is 19.3. The number of nitrogens with zero attached hydrogens (tertiary/aromatic N) is 1. The fraction of sp³-hybridized carbons (Fsp3) is 0.735. The van der Waals surface area contributed by atoms with Crippen molar-refractivity contribution >= 4 is 19.7 Å². The summed E-state index contributed by atoms with van der Waals surface area (Å²) in [6.07, 6.45) is 76.8.